The number of phenolic OH excluding ortho intramolecular Hbond substituents is 1. The molecular formula is C25H34ClF3N2O5. The second kappa shape index (κ2) is 16.8. The molecular weight excluding hydrogens is 501 g/mol. The van der Waals surface area contributed by atoms with Gasteiger partial charge in [-0.2, -0.15) is 13.2 Å². The van der Waals surface area contributed by atoms with Crippen molar-refractivity contribution in [1.82, 2.24) is 10.3 Å². The number of hydrogen-bond donors (Lipinski definition) is 3. The maximum atomic E-state index is 12.1. The summed E-state index contributed by atoms with van der Waals surface area (Å²) in [4.78, 5) is 24.0. The summed E-state index contributed by atoms with van der Waals surface area (Å²) >= 11 is 5.83. The molecule has 202 valence electrons. The molecule has 1 aromatic heterocycles. The standard InChI is InChI=1S/C14H19ClN2O3.C7H5F3O.C3H8.CH2O/c1-20-12-8-10(7-11(15)17-12)13(18)16-9-14(19)5-3-2-4-6-14;8-7(9,10)5-2-1-3-6(11)4-5;1-3-2;1-2/h7-8,19H,2-6,9H2,1H3,(H,16,18);1-4,11H;3H2,1-2H3;1H2. The van der Waals surface area contributed by atoms with E-state index < -0.39 is 17.3 Å². The van der Waals surface area contributed by atoms with Crippen LogP contribution in [0.15, 0.2) is 36.4 Å². The normalized spacial score (nSPS) is 13.9. The van der Waals surface area contributed by atoms with Crippen LogP contribution in [-0.2, 0) is 11.0 Å². The Balaban J connectivity index is 0.000000645. The van der Waals surface area contributed by atoms with E-state index in [1.165, 1.54) is 31.7 Å². The number of aliphatic hydroxyl groups is 1. The molecule has 1 heterocycles. The molecule has 2 aromatic rings. The van der Waals surface area contributed by atoms with Crippen molar-refractivity contribution < 1.29 is 37.7 Å². The van der Waals surface area contributed by atoms with Crippen molar-refractivity contribution >= 4 is 24.3 Å². The molecule has 1 amide bonds. The molecule has 1 fully saturated rings. The number of ether oxygens (including phenoxy) is 1. The second-order valence-electron chi connectivity index (χ2n) is 7.94. The summed E-state index contributed by atoms with van der Waals surface area (Å²) in [6, 6.07) is 6.92. The van der Waals surface area contributed by atoms with E-state index in [0.29, 0.717) is 17.5 Å². The van der Waals surface area contributed by atoms with Crippen LogP contribution in [-0.4, -0.2) is 47.1 Å². The summed E-state index contributed by atoms with van der Waals surface area (Å²) in [7, 11) is 1.46. The van der Waals surface area contributed by atoms with Gasteiger partial charge in [-0.25, -0.2) is 4.98 Å². The molecule has 0 atom stereocenters. The third-order valence-corrected chi connectivity index (χ3v) is 4.97. The average Bonchev–Trinajstić information content (AvgIpc) is 2.84. The number of benzene rings is 1. The molecule has 0 bridgehead atoms. The number of nitrogens with one attached hydrogen (secondary N) is 1. The van der Waals surface area contributed by atoms with Crippen LogP contribution in [0.1, 0.15) is 68.3 Å². The summed E-state index contributed by atoms with van der Waals surface area (Å²) in [5.74, 6) is -0.370. The lowest BCUT2D eigenvalue weighted by atomic mass is 9.85. The summed E-state index contributed by atoms with van der Waals surface area (Å²) in [5, 5.41) is 22.0. The highest BCUT2D eigenvalue weighted by molar-refractivity contribution is 6.29. The number of aromatic nitrogens is 1. The van der Waals surface area contributed by atoms with Gasteiger partial charge in [0.2, 0.25) is 5.88 Å². The lowest BCUT2D eigenvalue weighted by Gasteiger charge is -2.32. The fourth-order valence-corrected chi connectivity index (χ4v) is 3.33. The predicted molar refractivity (Wildman–Crippen MR) is 132 cm³/mol. The zero-order chi connectivity index (χ0) is 27.8. The number of aromatic hydroxyl groups is 1. The maximum Gasteiger partial charge on any atom is 0.416 e. The van der Waals surface area contributed by atoms with Crippen LogP contribution >= 0.6 is 11.6 Å². The van der Waals surface area contributed by atoms with Crippen LogP contribution in [0.4, 0.5) is 13.2 Å². The van der Waals surface area contributed by atoms with Crippen molar-refractivity contribution in [3.63, 3.8) is 0 Å². The number of pyridine rings is 1. The average molecular weight is 535 g/mol. The van der Waals surface area contributed by atoms with E-state index in [-0.39, 0.29) is 23.4 Å². The summed E-state index contributed by atoms with van der Waals surface area (Å²) in [5.41, 5.74) is -1.24. The number of methoxy groups -OCH3 is 1. The van der Waals surface area contributed by atoms with Gasteiger partial charge < -0.3 is 25.1 Å². The Bertz CT molecular complexity index is 923. The number of nitrogens with zero attached hydrogens (tertiary/aromatic N) is 1. The molecule has 3 rings (SSSR count). The van der Waals surface area contributed by atoms with Crippen LogP contribution in [0.25, 0.3) is 0 Å². The minimum atomic E-state index is -4.38. The monoisotopic (exact) mass is 534 g/mol. The van der Waals surface area contributed by atoms with Gasteiger partial charge in [-0.1, -0.05) is 57.2 Å². The molecule has 7 nitrogen and oxygen atoms in total. The third-order valence-electron chi connectivity index (χ3n) is 4.78. The van der Waals surface area contributed by atoms with Gasteiger partial charge in [0.15, 0.2) is 0 Å². The van der Waals surface area contributed by atoms with Gasteiger partial charge in [0.05, 0.1) is 18.3 Å². The van der Waals surface area contributed by atoms with E-state index in [0.717, 1.165) is 44.2 Å². The topological polar surface area (TPSA) is 109 Å². The van der Waals surface area contributed by atoms with Gasteiger partial charge in [0.1, 0.15) is 17.7 Å². The number of amides is 1. The number of rotatable bonds is 4. The third kappa shape index (κ3) is 12.7. The van der Waals surface area contributed by atoms with Crippen molar-refractivity contribution in [3.05, 3.63) is 52.7 Å². The lowest BCUT2D eigenvalue weighted by Crippen LogP contribution is -2.44. The predicted octanol–water partition coefficient (Wildman–Crippen LogP) is 5.81. The van der Waals surface area contributed by atoms with E-state index in [9.17, 15) is 23.1 Å². The van der Waals surface area contributed by atoms with Gasteiger partial charge in [-0.3, -0.25) is 4.79 Å². The Hall–Kier alpha value is -2.85. The van der Waals surface area contributed by atoms with Crippen molar-refractivity contribution in [2.24, 2.45) is 0 Å². The number of carbonyl (C=O) groups is 2. The van der Waals surface area contributed by atoms with Crippen LogP contribution in [0.3, 0.4) is 0 Å². The lowest BCUT2D eigenvalue weighted by molar-refractivity contribution is -0.137. The molecule has 0 radical (unpaired) electrons. The van der Waals surface area contributed by atoms with Crippen LogP contribution < -0.4 is 10.1 Å². The molecule has 0 unspecified atom stereocenters. The quantitative estimate of drug-likeness (QED) is 0.427. The zero-order valence-electron chi connectivity index (χ0n) is 20.7. The minimum Gasteiger partial charge on any atom is -0.508 e. The highest BCUT2D eigenvalue weighted by atomic mass is 35.5. The second-order valence-corrected chi connectivity index (χ2v) is 8.33. The molecule has 1 aromatic carbocycles. The molecule has 1 aliphatic rings. The van der Waals surface area contributed by atoms with Gasteiger partial charge in [0, 0.05) is 18.2 Å². The van der Waals surface area contributed by atoms with Gasteiger partial charge in [0.25, 0.3) is 5.91 Å². The van der Waals surface area contributed by atoms with Crippen molar-refractivity contribution in [1.29, 1.82) is 0 Å². The number of hydrogen-bond acceptors (Lipinski definition) is 6. The summed E-state index contributed by atoms with van der Waals surface area (Å²) in [6.07, 6.45) is 1.48. The molecule has 0 aliphatic heterocycles. The molecule has 0 spiro atoms. The SMILES string of the molecule is C=O.CCC.COc1cc(C(=O)NCC2(O)CCCCC2)cc(Cl)n1.Oc1cccc(C(F)(F)F)c1. The molecule has 1 aliphatic carbocycles. The minimum absolute atomic E-state index is 0.200. The molecule has 1 saturated carbocycles. The molecule has 3 N–H and O–H groups in total. The van der Waals surface area contributed by atoms with E-state index in [4.69, 9.17) is 26.2 Å². The first-order valence-corrected chi connectivity index (χ1v) is 11.7. The number of alkyl halides is 3. The Morgan fingerprint density at radius 2 is 1.75 bits per heavy atom. The van der Waals surface area contributed by atoms with Crippen LogP contribution in [0.5, 0.6) is 11.6 Å². The Morgan fingerprint density at radius 3 is 2.22 bits per heavy atom. The smallest absolute Gasteiger partial charge is 0.416 e. The molecule has 0 saturated heterocycles. The first-order valence-electron chi connectivity index (χ1n) is 11.3. The van der Waals surface area contributed by atoms with Gasteiger partial charge in [-0.15, -0.1) is 0 Å². The first-order chi connectivity index (χ1) is 16.9. The number of halogens is 4. The van der Waals surface area contributed by atoms with Crippen molar-refractivity contribution in [3.8, 4) is 11.6 Å². The van der Waals surface area contributed by atoms with Crippen molar-refractivity contribution in [2.45, 2.75) is 64.1 Å². The van der Waals surface area contributed by atoms with E-state index >= 15 is 0 Å². The molecule has 11 heteroatoms. The van der Waals surface area contributed by atoms with Crippen molar-refractivity contribution in [2.75, 3.05) is 13.7 Å². The van der Waals surface area contributed by atoms with E-state index in [1.807, 2.05) is 6.79 Å². The Morgan fingerprint density at radius 1 is 1.17 bits per heavy atom. The number of carbonyl (C=O) groups excluding carboxylic acids is 2. The molecule has 36 heavy (non-hydrogen) atoms. The largest absolute Gasteiger partial charge is 0.508 e. The number of phenols is 1. The maximum absolute atomic E-state index is 12.1. The summed E-state index contributed by atoms with van der Waals surface area (Å²) in [6.45, 7) is 6.51. The fraction of sp³-hybridized carbons (Fsp3) is 0.480. The van der Waals surface area contributed by atoms with Gasteiger partial charge >= 0.3 is 6.18 Å². The van der Waals surface area contributed by atoms with Crippen LogP contribution in [0, 0.1) is 0 Å². The van der Waals surface area contributed by atoms with Crippen LogP contribution in [0.2, 0.25) is 5.15 Å². The first kappa shape index (κ1) is 33.1. The van der Waals surface area contributed by atoms with E-state index in [2.05, 4.69) is 24.1 Å². The highest BCUT2D eigenvalue weighted by Gasteiger charge is 2.30. The van der Waals surface area contributed by atoms with E-state index in [1.54, 1.807) is 0 Å². The Labute approximate surface area is 214 Å². The summed E-state index contributed by atoms with van der Waals surface area (Å²) < 4.78 is 40.5. The van der Waals surface area contributed by atoms with Gasteiger partial charge in [-0.05, 0) is 37.1 Å². The Kier molecular flexibility index (Phi) is 15.4. The fourth-order valence-electron chi connectivity index (χ4n) is 3.12. The zero-order valence-corrected chi connectivity index (χ0v) is 21.5. The highest BCUT2D eigenvalue weighted by Crippen LogP contribution is 2.30.